The summed E-state index contributed by atoms with van der Waals surface area (Å²) in [6.07, 6.45) is 2.48. The number of nitrogens with zero attached hydrogens (tertiary/aromatic N) is 4. The van der Waals surface area contributed by atoms with Crippen LogP contribution in [0.3, 0.4) is 0 Å². The van der Waals surface area contributed by atoms with Crippen LogP contribution in [0.25, 0.3) is 5.69 Å². The standard InChI is InChI=1S/C18H19N5O2/c1-3-14-7-9-15(10-8-14)25-11-18(24)20-16-5-4-6-17(13(16)2)23-12-19-21-22-23/h4-10,12H,3,11H2,1-2H3,(H,20,24). The molecule has 0 saturated carbocycles. The summed E-state index contributed by atoms with van der Waals surface area (Å²) in [6.45, 7) is 3.94. The molecular weight excluding hydrogens is 318 g/mol. The second-order valence-corrected chi connectivity index (χ2v) is 5.54. The SMILES string of the molecule is CCc1ccc(OCC(=O)Nc2cccc(-n3cnnn3)c2C)cc1. The molecule has 128 valence electrons. The monoisotopic (exact) mass is 337 g/mol. The topological polar surface area (TPSA) is 81.9 Å². The van der Waals surface area contributed by atoms with E-state index in [1.54, 1.807) is 4.68 Å². The molecule has 1 aromatic heterocycles. The van der Waals surface area contributed by atoms with Gasteiger partial charge in [-0.15, -0.1) is 5.10 Å². The van der Waals surface area contributed by atoms with E-state index in [2.05, 4.69) is 27.8 Å². The lowest BCUT2D eigenvalue weighted by atomic mass is 10.1. The number of tetrazole rings is 1. The first kappa shape index (κ1) is 16.6. The van der Waals surface area contributed by atoms with Crippen LogP contribution < -0.4 is 10.1 Å². The summed E-state index contributed by atoms with van der Waals surface area (Å²) in [7, 11) is 0. The molecule has 0 saturated heterocycles. The number of aromatic nitrogens is 4. The van der Waals surface area contributed by atoms with Crippen LogP contribution in [0.4, 0.5) is 5.69 Å². The number of aryl methyl sites for hydroxylation is 1. The molecule has 0 aliphatic carbocycles. The summed E-state index contributed by atoms with van der Waals surface area (Å²) in [5, 5.41) is 14.0. The third kappa shape index (κ3) is 4.00. The summed E-state index contributed by atoms with van der Waals surface area (Å²) in [5.41, 5.74) is 3.60. The molecule has 3 rings (SSSR count). The lowest BCUT2D eigenvalue weighted by Gasteiger charge is -2.12. The minimum absolute atomic E-state index is 0.0555. The maximum atomic E-state index is 12.2. The van der Waals surface area contributed by atoms with Gasteiger partial charge in [-0.25, -0.2) is 4.68 Å². The highest BCUT2D eigenvalue weighted by Crippen LogP contribution is 2.21. The van der Waals surface area contributed by atoms with Crippen molar-refractivity contribution < 1.29 is 9.53 Å². The average molecular weight is 337 g/mol. The molecule has 0 atom stereocenters. The van der Waals surface area contributed by atoms with Gasteiger partial charge in [-0.2, -0.15) is 0 Å². The minimum atomic E-state index is -0.225. The first-order valence-corrected chi connectivity index (χ1v) is 8.02. The molecule has 0 aliphatic rings. The first-order valence-electron chi connectivity index (χ1n) is 8.02. The Morgan fingerprint density at radius 2 is 2.00 bits per heavy atom. The zero-order valence-electron chi connectivity index (χ0n) is 14.1. The number of carbonyl (C=O) groups excluding carboxylic acids is 1. The van der Waals surface area contributed by atoms with Gasteiger partial charge in [0.2, 0.25) is 0 Å². The molecule has 7 heteroatoms. The van der Waals surface area contributed by atoms with E-state index >= 15 is 0 Å². The van der Waals surface area contributed by atoms with Crippen molar-refractivity contribution in [3.8, 4) is 11.4 Å². The van der Waals surface area contributed by atoms with Crippen LogP contribution in [0.1, 0.15) is 18.1 Å². The van der Waals surface area contributed by atoms with Crippen LogP contribution in [-0.4, -0.2) is 32.7 Å². The van der Waals surface area contributed by atoms with Crippen LogP contribution in [0.5, 0.6) is 5.75 Å². The van der Waals surface area contributed by atoms with E-state index < -0.39 is 0 Å². The zero-order valence-corrected chi connectivity index (χ0v) is 14.1. The highest BCUT2D eigenvalue weighted by atomic mass is 16.5. The normalized spacial score (nSPS) is 10.5. The van der Waals surface area contributed by atoms with Gasteiger partial charge in [-0.1, -0.05) is 25.1 Å². The number of nitrogens with one attached hydrogen (secondary N) is 1. The van der Waals surface area contributed by atoms with E-state index in [0.717, 1.165) is 17.7 Å². The number of hydrogen-bond acceptors (Lipinski definition) is 5. The Labute approximate surface area is 145 Å². The van der Waals surface area contributed by atoms with Crippen LogP contribution in [0, 0.1) is 6.92 Å². The number of ether oxygens (including phenoxy) is 1. The van der Waals surface area contributed by atoms with Crippen molar-refractivity contribution >= 4 is 11.6 Å². The zero-order chi connectivity index (χ0) is 17.6. The average Bonchev–Trinajstić information content (AvgIpc) is 3.16. The highest BCUT2D eigenvalue weighted by molar-refractivity contribution is 5.93. The van der Waals surface area contributed by atoms with Crippen molar-refractivity contribution in [1.29, 1.82) is 0 Å². The molecule has 7 nitrogen and oxygen atoms in total. The van der Waals surface area contributed by atoms with Gasteiger partial charge >= 0.3 is 0 Å². The fraction of sp³-hybridized carbons (Fsp3) is 0.222. The van der Waals surface area contributed by atoms with Gasteiger partial charge in [0.05, 0.1) is 5.69 Å². The van der Waals surface area contributed by atoms with Crippen molar-refractivity contribution in [2.24, 2.45) is 0 Å². The number of anilines is 1. The van der Waals surface area contributed by atoms with Crippen LogP contribution >= 0.6 is 0 Å². The molecule has 2 aromatic carbocycles. The van der Waals surface area contributed by atoms with E-state index in [1.807, 2.05) is 49.4 Å². The molecule has 3 aromatic rings. The predicted molar refractivity (Wildman–Crippen MR) is 93.8 cm³/mol. The molecular formula is C18H19N5O2. The number of rotatable bonds is 6. The van der Waals surface area contributed by atoms with Crippen LogP contribution in [-0.2, 0) is 11.2 Å². The number of amides is 1. The van der Waals surface area contributed by atoms with Gasteiger partial charge in [0.15, 0.2) is 6.61 Å². The molecule has 0 fully saturated rings. The van der Waals surface area contributed by atoms with Gasteiger partial charge in [-0.05, 0) is 59.2 Å². The summed E-state index contributed by atoms with van der Waals surface area (Å²) < 4.78 is 7.08. The summed E-state index contributed by atoms with van der Waals surface area (Å²) in [6, 6.07) is 13.3. The Kier molecular flexibility index (Phi) is 5.03. The van der Waals surface area contributed by atoms with Crippen LogP contribution in [0.2, 0.25) is 0 Å². The first-order chi connectivity index (χ1) is 12.2. The van der Waals surface area contributed by atoms with E-state index in [1.165, 1.54) is 11.9 Å². The Balaban J connectivity index is 1.64. The van der Waals surface area contributed by atoms with Gasteiger partial charge in [0.1, 0.15) is 12.1 Å². The van der Waals surface area contributed by atoms with E-state index in [9.17, 15) is 4.79 Å². The number of benzene rings is 2. The fourth-order valence-corrected chi connectivity index (χ4v) is 2.44. The molecule has 25 heavy (non-hydrogen) atoms. The highest BCUT2D eigenvalue weighted by Gasteiger charge is 2.10. The molecule has 0 radical (unpaired) electrons. The largest absolute Gasteiger partial charge is 0.484 e. The molecule has 1 heterocycles. The predicted octanol–water partition coefficient (Wildman–Crippen LogP) is 2.55. The Morgan fingerprint density at radius 3 is 2.68 bits per heavy atom. The van der Waals surface area contributed by atoms with Crippen molar-refractivity contribution in [2.45, 2.75) is 20.3 Å². The third-order valence-electron chi connectivity index (χ3n) is 3.88. The maximum absolute atomic E-state index is 12.2. The van der Waals surface area contributed by atoms with E-state index in [0.29, 0.717) is 11.4 Å². The molecule has 0 aliphatic heterocycles. The van der Waals surface area contributed by atoms with E-state index in [-0.39, 0.29) is 12.5 Å². The summed E-state index contributed by atoms with van der Waals surface area (Å²) in [5.74, 6) is 0.447. The van der Waals surface area contributed by atoms with Crippen molar-refractivity contribution in [2.75, 3.05) is 11.9 Å². The Bertz CT molecular complexity index is 844. The Morgan fingerprint density at radius 1 is 1.20 bits per heavy atom. The quantitative estimate of drug-likeness (QED) is 0.747. The lowest BCUT2D eigenvalue weighted by Crippen LogP contribution is -2.21. The van der Waals surface area contributed by atoms with E-state index in [4.69, 9.17) is 4.74 Å². The smallest absolute Gasteiger partial charge is 0.262 e. The lowest BCUT2D eigenvalue weighted by molar-refractivity contribution is -0.118. The molecule has 0 spiro atoms. The molecule has 1 amide bonds. The molecule has 1 N–H and O–H groups in total. The van der Waals surface area contributed by atoms with Gasteiger partial charge < -0.3 is 10.1 Å². The van der Waals surface area contributed by atoms with Crippen molar-refractivity contribution in [1.82, 2.24) is 20.2 Å². The van der Waals surface area contributed by atoms with Crippen molar-refractivity contribution in [3.63, 3.8) is 0 Å². The second kappa shape index (κ2) is 7.57. The third-order valence-corrected chi connectivity index (χ3v) is 3.88. The number of carbonyl (C=O) groups is 1. The second-order valence-electron chi connectivity index (χ2n) is 5.54. The molecule has 0 bridgehead atoms. The Hall–Kier alpha value is -3.22. The molecule has 0 unspecified atom stereocenters. The van der Waals surface area contributed by atoms with Gasteiger partial charge in [0, 0.05) is 5.69 Å². The number of hydrogen-bond donors (Lipinski definition) is 1. The fourth-order valence-electron chi connectivity index (χ4n) is 2.44. The van der Waals surface area contributed by atoms with Gasteiger partial charge in [0.25, 0.3) is 5.91 Å². The minimum Gasteiger partial charge on any atom is -0.484 e. The maximum Gasteiger partial charge on any atom is 0.262 e. The van der Waals surface area contributed by atoms with Gasteiger partial charge in [-0.3, -0.25) is 4.79 Å². The summed E-state index contributed by atoms with van der Waals surface area (Å²) >= 11 is 0. The van der Waals surface area contributed by atoms with Crippen molar-refractivity contribution in [3.05, 3.63) is 59.9 Å². The van der Waals surface area contributed by atoms with Crippen LogP contribution in [0.15, 0.2) is 48.8 Å². The summed E-state index contributed by atoms with van der Waals surface area (Å²) in [4.78, 5) is 12.2.